The summed E-state index contributed by atoms with van der Waals surface area (Å²) in [6.07, 6.45) is 5.99. The molecule has 2 heterocycles. The lowest BCUT2D eigenvalue weighted by Crippen LogP contribution is -1.82. The van der Waals surface area contributed by atoms with Crippen LogP contribution in [0.4, 0.5) is 0 Å². The minimum Gasteiger partial charge on any atom is -0.265 e. The molecule has 0 aromatic carbocycles. The van der Waals surface area contributed by atoms with Crippen molar-refractivity contribution in [3.63, 3.8) is 0 Å². The van der Waals surface area contributed by atoms with Crippen molar-refractivity contribution >= 4 is 0 Å². The Balaban J connectivity index is 1.96. The van der Waals surface area contributed by atoms with Gasteiger partial charge in [-0.2, -0.15) is 5.10 Å². The van der Waals surface area contributed by atoms with Gasteiger partial charge in [-0.3, -0.25) is 10.1 Å². The van der Waals surface area contributed by atoms with Crippen LogP contribution in [0.25, 0.3) is 11.4 Å². The van der Waals surface area contributed by atoms with E-state index in [0.717, 1.165) is 17.2 Å². The molecule has 0 bridgehead atoms. The van der Waals surface area contributed by atoms with Crippen LogP contribution in [0.1, 0.15) is 24.6 Å². The van der Waals surface area contributed by atoms with Crippen LogP contribution in [0.15, 0.2) is 24.5 Å². The van der Waals surface area contributed by atoms with E-state index < -0.39 is 0 Å². The Labute approximate surface area is 81.4 Å². The molecule has 4 heteroatoms. The first kappa shape index (κ1) is 7.67. The van der Waals surface area contributed by atoms with Gasteiger partial charge in [-0.25, -0.2) is 4.98 Å². The summed E-state index contributed by atoms with van der Waals surface area (Å²) in [7, 11) is 0. The van der Waals surface area contributed by atoms with Crippen LogP contribution in [-0.2, 0) is 0 Å². The Kier molecular flexibility index (Phi) is 1.59. The van der Waals surface area contributed by atoms with Gasteiger partial charge in [-0.05, 0) is 25.0 Å². The summed E-state index contributed by atoms with van der Waals surface area (Å²) >= 11 is 0. The maximum atomic E-state index is 4.45. The van der Waals surface area contributed by atoms with Gasteiger partial charge in [0.2, 0.25) is 0 Å². The molecule has 4 nitrogen and oxygen atoms in total. The third kappa shape index (κ3) is 1.28. The molecular formula is C10H10N4. The standard InChI is InChI=1S/C10H10N4/c1-2-7(1)9-12-10(14-13-9)8-3-5-11-6-4-8/h3-7H,1-2H2,(H,12,13,14). The number of pyridine rings is 1. The number of rotatable bonds is 2. The highest BCUT2D eigenvalue weighted by Crippen LogP contribution is 2.38. The van der Waals surface area contributed by atoms with Crippen LogP contribution in [0.5, 0.6) is 0 Å². The van der Waals surface area contributed by atoms with Crippen molar-refractivity contribution in [1.29, 1.82) is 0 Å². The Morgan fingerprint density at radius 2 is 2.00 bits per heavy atom. The van der Waals surface area contributed by atoms with Crippen molar-refractivity contribution in [2.45, 2.75) is 18.8 Å². The SMILES string of the molecule is c1cc(-c2n[nH]c(C3CC3)n2)ccn1. The number of H-pyrrole nitrogens is 1. The quantitative estimate of drug-likeness (QED) is 0.777. The largest absolute Gasteiger partial charge is 0.265 e. The predicted octanol–water partition coefficient (Wildman–Crippen LogP) is 1.74. The van der Waals surface area contributed by atoms with Gasteiger partial charge in [0.1, 0.15) is 5.82 Å². The lowest BCUT2D eigenvalue weighted by Gasteiger charge is -1.91. The van der Waals surface area contributed by atoms with E-state index in [1.165, 1.54) is 12.8 Å². The molecule has 0 unspecified atom stereocenters. The Hall–Kier alpha value is -1.71. The highest BCUT2D eigenvalue weighted by atomic mass is 15.2. The lowest BCUT2D eigenvalue weighted by atomic mass is 10.2. The molecule has 0 atom stereocenters. The molecule has 14 heavy (non-hydrogen) atoms. The molecule has 0 amide bonds. The summed E-state index contributed by atoms with van der Waals surface area (Å²) in [6, 6.07) is 3.83. The fourth-order valence-electron chi connectivity index (χ4n) is 1.44. The summed E-state index contributed by atoms with van der Waals surface area (Å²) in [6.45, 7) is 0. The first-order valence-electron chi connectivity index (χ1n) is 4.76. The van der Waals surface area contributed by atoms with E-state index in [0.29, 0.717) is 5.92 Å². The molecule has 1 N–H and O–H groups in total. The zero-order chi connectivity index (χ0) is 9.38. The second kappa shape index (κ2) is 2.90. The second-order valence-electron chi connectivity index (χ2n) is 3.55. The summed E-state index contributed by atoms with van der Waals surface area (Å²) in [4.78, 5) is 8.41. The van der Waals surface area contributed by atoms with Crippen molar-refractivity contribution < 1.29 is 0 Å². The number of hydrogen-bond acceptors (Lipinski definition) is 3. The molecule has 0 saturated heterocycles. The molecule has 70 valence electrons. The first-order valence-corrected chi connectivity index (χ1v) is 4.76. The molecule has 1 fully saturated rings. The summed E-state index contributed by atoms with van der Waals surface area (Å²) in [5, 5.41) is 7.17. The summed E-state index contributed by atoms with van der Waals surface area (Å²) < 4.78 is 0. The van der Waals surface area contributed by atoms with Gasteiger partial charge >= 0.3 is 0 Å². The minimum absolute atomic E-state index is 0.623. The van der Waals surface area contributed by atoms with E-state index in [-0.39, 0.29) is 0 Å². The van der Waals surface area contributed by atoms with Crippen LogP contribution < -0.4 is 0 Å². The van der Waals surface area contributed by atoms with Crippen LogP contribution >= 0.6 is 0 Å². The molecule has 0 spiro atoms. The van der Waals surface area contributed by atoms with Gasteiger partial charge in [0, 0.05) is 23.9 Å². The monoisotopic (exact) mass is 186 g/mol. The number of nitrogens with one attached hydrogen (secondary N) is 1. The van der Waals surface area contributed by atoms with Crippen LogP contribution in [0.3, 0.4) is 0 Å². The summed E-state index contributed by atoms with van der Waals surface area (Å²) in [5.41, 5.74) is 1.02. The van der Waals surface area contributed by atoms with Gasteiger partial charge in [-0.15, -0.1) is 0 Å². The van der Waals surface area contributed by atoms with Crippen molar-refractivity contribution in [1.82, 2.24) is 20.2 Å². The van der Waals surface area contributed by atoms with Crippen LogP contribution in [0.2, 0.25) is 0 Å². The maximum Gasteiger partial charge on any atom is 0.181 e. The molecule has 3 rings (SSSR count). The highest BCUT2D eigenvalue weighted by Gasteiger charge is 2.27. The van der Waals surface area contributed by atoms with Crippen molar-refractivity contribution in [2.24, 2.45) is 0 Å². The molecule has 1 aliphatic rings. The highest BCUT2D eigenvalue weighted by molar-refractivity contribution is 5.53. The van der Waals surface area contributed by atoms with Gasteiger partial charge in [0.05, 0.1) is 0 Å². The van der Waals surface area contributed by atoms with Crippen molar-refractivity contribution in [3.05, 3.63) is 30.4 Å². The van der Waals surface area contributed by atoms with Gasteiger partial charge in [0.15, 0.2) is 5.82 Å². The smallest absolute Gasteiger partial charge is 0.181 e. The van der Waals surface area contributed by atoms with Gasteiger partial charge in [0.25, 0.3) is 0 Å². The Bertz CT molecular complexity index is 430. The van der Waals surface area contributed by atoms with Crippen molar-refractivity contribution in [3.8, 4) is 11.4 Å². The number of hydrogen-bond donors (Lipinski definition) is 1. The number of aromatic nitrogens is 4. The van der Waals surface area contributed by atoms with Crippen LogP contribution in [0, 0.1) is 0 Å². The van der Waals surface area contributed by atoms with Crippen molar-refractivity contribution in [2.75, 3.05) is 0 Å². The number of aromatic amines is 1. The van der Waals surface area contributed by atoms with Gasteiger partial charge < -0.3 is 0 Å². The van der Waals surface area contributed by atoms with E-state index in [1.807, 2.05) is 12.1 Å². The zero-order valence-corrected chi connectivity index (χ0v) is 7.64. The topological polar surface area (TPSA) is 54.5 Å². The molecular weight excluding hydrogens is 176 g/mol. The maximum absolute atomic E-state index is 4.45. The van der Waals surface area contributed by atoms with Crippen LogP contribution in [-0.4, -0.2) is 20.2 Å². The predicted molar refractivity (Wildman–Crippen MR) is 51.6 cm³/mol. The molecule has 1 saturated carbocycles. The second-order valence-corrected chi connectivity index (χ2v) is 3.55. The Morgan fingerprint density at radius 1 is 1.21 bits per heavy atom. The first-order chi connectivity index (χ1) is 6.93. The minimum atomic E-state index is 0.623. The molecule has 0 aliphatic heterocycles. The average Bonchev–Trinajstić information content (AvgIpc) is 2.98. The van der Waals surface area contributed by atoms with Gasteiger partial charge in [-0.1, -0.05) is 0 Å². The Morgan fingerprint density at radius 3 is 2.71 bits per heavy atom. The van der Waals surface area contributed by atoms with E-state index in [2.05, 4.69) is 20.2 Å². The average molecular weight is 186 g/mol. The van der Waals surface area contributed by atoms with E-state index in [9.17, 15) is 0 Å². The lowest BCUT2D eigenvalue weighted by molar-refractivity contribution is 0.935. The molecule has 1 aliphatic carbocycles. The van der Waals surface area contributed by atoms with E-state index >= 15 is 0 Å². The van der Waals surface area contributed by atoms with E-state index in [1.54, 1.807) is 12.4 Å². The number of nitrogens with zero attached hydrogens (tertiary/aromatic N) is 3. The molecule has 2 aromatic rings. The van der Waals surface area contributed by atoms with E-state index in [4.69, 9.17) is 0 Å². The molecule has 0 radical (unpaired) electrons. The zero-order valence-electron chi connectivity index (χ0n) is 7.64. The third-order valence-corrected chi connectivity index (χ3v) is 2.41. The fourth-order valence-corrected chi connectivity index (χ4v) is 1.44. The summed E-state index contributed by atoms with van der Waals surface area (Å²) in [5.74, 6) is 2.42. The molecule has 2 aromatic heterocycles. The fraction of sp³-hybridized carbons (Fsp3) is 0.300. The normalized spacial score (nSPS) is 15.7. The third-order valence-electron chi connectivity index (χ3n) is 2.41.